The molecule has 1 aromatic carbocycles. The Hall–Kier alpha value is -2.61. The van der Waals surface area contributed by atoms with E-state index in [4.69, 9.17) is 6.42 Å². The van der Waals surface area contributed by atoms with Crippen molar-refractivity contribution in [3.8, 4) is 12.3 Å². The zero-order valence-corrected chi connectivity index (χ0v) is 10.9. The van der Waals surface area contributed by atoms with Crippen molar-refractivity contribution in [1.29, 1.82) is 0 Å². The molecule has 3 amide bonds. The van der Waals surface area contributed by atoms with E-state index < -0.39 is 5.91 Å². The summed E-state index contributed by atoms with van der Waals surface area (Å²) in [5.41, 5.74) is 1.57. The fraction of sp³-hybridized carbons (Fsp3) is 0.267. The highest BCUT2D eigenvalue weighted by atomic mass is 16.2. The third-order valence-corrected chi connectivity index (χ3v) is 3.12. The SMILES string of the molecule is C#CC(=O)Nc1ccc(CCC(=O)N2CCC2=O)cc1. The van der Waals surface area contributed by atoms with Gasteiger partial charge in [-0.15, -0.1) is 6.42 Å². The van der Waals surface area contributed by atoms with Gasteiger partial charge in [-0.05, 0) is 30.0 Å². The number of aryl methyl sites for hydroxylation is 1. The second-order valence-electron chi connectivity index (χ2n) is 4.48. The van der Waals surface area contributed by atoms with E-state index in [0.717, 1.165) is 5.56 Å². The topological polar surface area (TPSA) is 66.5 Å². The van der Waals surface area contributed by atoms with Crippen molar-refractivity contribution in [2.75, 3.05) is 11.9 Å². The quantitative estimate of drug-likeness (QED) is 0.654. The van der Waals surface area contributed by atoms with Gasteiger partial charge >= 0.3 is 0 Å². The fourth-order valence-corrected chi connectivity index (χ4v) is 1.89. The molecule has 2 rings (SSSR count). The normalized spacial score (nSPS) is 13.3. The summed E-state index contributed by atoms with van der Waals surface area (Å²) in [5.74, 6) is 1.24. The molecule has 1 heterocycles. The van der Waals surface area contributed by atoms with Gasteiger partial charge < -0.3 is 5.32 Å². The van der Waals surface area contributed by atoms with Crippen LogP contribution in [0.2, 0.25) is 0 Å². The average Bonchev–Trinajstić information content (AvgIpc) is 2.44. The van der Waals surface area contributed by atoms with Gasteiger partial charge in [-0.1, -0.05) is 12.1 Å². The Morgan fingerprint density at radius 3 is 2.50 bits per heavy atom. The van der Waals surface area contributed by atoms with E-state index in [1.165, 1.54) is 4.90 Å². The Morgan fingerprint density at radius 1 is 1.30 bits per heavy atom. The number of hydrogen-bond acceptors (Lipinski definition) is 3. The maximum absolute atomic E-state index is 11.7. The van der Waals surface area contributed by atoms with Gasteiger partial charge in [-0.3, -0.25) is 19.3 Å². The van der Waals surface area contributed by atoms with Crippen LogP contribution in [0.15, 0.2) is 24.3 Å². The summed E-state index contributed by atoms with van der Waals surface area (Å²) in [7, 11) is 0. The molecule has 5 nitrogen and oxygen atoms in total. The lowest BCUT2D eigenvalue weighted by molar-refractivity contribution is -0.152. The van der Waals surface area contributed by atoms with Crippen LogP contribution in [0.5, 0.6) is 0 Å². The number of nitrogens with zero attached hydrogens (tertiary/aromatic N) is 1. The molecule has 0 aromatic heterocycles. The van der Waals surface area contributed by atoms with Gasteiger partial charge in [0.1, 0.15) is 0 Å². The van der Waals surface area contributed by atoms with Gasteiger partial charge in [0.2, 0.25) is 11.8 Å². The molecule has 1 saturated heterocycles. The van der Waals surface area contributed by atoms with Crippen molar-refractivity contribution in [2.45, 2.75) is 19.3 Å². The molecule has 0 atom stereocenters. The van der Waals surface area contributed by atoms with Crippen molar-refractivity contribution in [3.63, 3.8) is 0 Å². The second kappa shape index (κ2) is 6.02. The summed E-state index contributed by atoms with van der Waals surface area (Å²) in [4.78, 5) is 35.1. The number of rotatable bonds is 4. The highest BCUT2D eigenvalue weighted by molar-refractivity contribution is 6.03. The van der Waals surface area contributed by atoms with E-state index >= 15 is 0 Å². The Bertz CT molecular complexity index is 584. The van der Waals surface area contributed by atoms with Crippen LogP contribution in [-0.2, 0) is 20.8 Å². The van der Waals surface area contributed by atoms with Crippen LogP contribution in [0.3, 0.4) is 0 Å². The van der Waals surface area contributed by atoms with Crippen molar-refractivity contribution >= 4 is 23.4 Å². The van der Waals surface area contributed by atoms with Crippen LogP contribution in [0.4, 0.5) is 5.69 Å². The summed E-state index contributed by atoms with van der Waals surface area (Å²) >= 11 is 0. The van der Waals surface area contributed by atoms with Crippen LogP contribution < -0.4 is 5.32 Å². The minimum atomic E-state index is -0.496. The molecule has 0 saturated carbocycles. The predicted molar refractivity (Wildman–Crippen MR) is 73.6 cm³/mol. The molecular formula is C15H14N2O3. The number of carbonyl (C=O) groups is 3. The smallest absolute Gasteiger partial charge is 0.300 e. The zero-order valence-electron chi connectivity index (χ0n) is 10.9. The lowest BCUT2D eigenvalue weighted by Gasteiger charge is -2.28. The van der Waals surface area contributed by atoms with E-state index in [1.807, 2.05) is 18.1 Å². The predicted octanol–water partition coefficient (Wildman–Crippen LogP) is 0.950. The van der Waals surface area contributed by atoms with Gasteiger partial charge in [0.25, 0.3) is 5.91 Å². The average molecular weight is 270 g/mol. The fourth-order valence-electron chi connectivity index (χ4n) is 1.89. The van der Waals surface area contributed by atoms with E-state index in [2.05, 4.69) is 5.32 Å². The Morgan fingerprint density at radius 2 is 2.00 bits per heavy atom. The number of amides is 3. The van der Waals surface area contributed by atoms with Crippen LogP contribution >= 0.6 is 0 Å². The maximum Gasteiger partial charge on any atom is 0.300 e. The van der Waals surface area contributed by atoms with Gasteiger partial charge in [0.15, 0.2) is 0 Å². The van der Waals surface area contributed by atoms with Crippen molar-refractivity contribution in [3.05, 3.63) is 29.8 Å². The Labute approximate surface area is 117 Å². The maximum atomic E-state index is 11.7. The number of imide groups is 1. The van der Waals surface area contributed by atoms with Gasteiger partial charge in [0, 0.05) is 25.1 Å². The summed E-state index contributed by atoms with van der Waals surface area (Å²) in [6.07, 6.45) is 6.29. The first-order valence-electron chi connectivity index (χ1n) is 6.30. The Balaban J connectivity index is 1.85. The molecule has 1 fully saturated rings. The van der Waals surface area contributed by atoms with Crippen LogP contribution in [-0.4, -0.2) is 29.2 Å². The lowest BCUT2D eigenvalue weighted by atomic mass is 10.1. The number of nitrogens with one attached hydrogen (secondary N) is 1. The molecule has 1 aliphatic rings. The number of likely N-dealkylation sites (tertiary alicyclic amines) is 1. The molecule has 5 heteroatoms. The van der Waals surface area contributed by atoms with Crippen molar-refractivity contribution < 1.29 is 14.4 Å². The first kappa shape index (κ1) is 13.8. The molecule has 1 aromatic rings. The number of β-lactam (4-membered cyclic amide) rings is 1. The molecule has 1 aliphatic heterocycles. The zero-order chi connectivity index (χ0) is 14.5. The van der Waals surface area contributed by atoms with E-state index in [0.29, 0.717) is 31.5 Å². The number of benzene rings is 1. The monoisotopic (exact) mass is 270 g/mol. The van der Waals surface area contributed by atoms with E-state index in [-0.39, 0.29) is 11.8 Å². The molecule has 0 spiro atoms. The molecule has 0 unspecified atom stereocenters. The third-order valence-electron chi connectivity index (χ3n) is 3.12. The highest BCUT2D eigenvalue weighted by Gasteiger charge is 2.29. The van der Waals surface area contributed by atoms with E-state index in [9.17, 15) is 14.4 Å². The lowest BCUT2D eigenvalue weighted by Crippen LogP contribution is -2.47. The Kier molecular flexibility index (Phi) is 4.16. The van der Waals surface area contributed by atoms with E-state index in [1.54, 1.807) is 12.1 Å². The summed E-state index contributed by atoms with van der Waals surface area (Å²) in [6, 6.07) is 7.09. The van der Waals surface area contributed by atoms with Crippen LogP contribution in [0.1, 0.15) is 18.4 Å². The molecule has 20 heavy (non-hydrogen) atoms. The molecule has 0 bridgehead atoms. The number of anilines is 1. The molecular weight excluding hydrogens is 256 g/mol. The minimum Gasteiger partial charge on any atom is -0.315 e. The molecule has 1 N–H and O–H groups in total. The first-order valence-corrected chi connectivity index (χ1v) is 6.30. The van der Waals surface area contributed by atoms with Crippen molar-refractivity contribution in [1.82, 2.24) is 4.90 Å². The van der Waals surface area contributed by atoms with Crippen molar-refractivity contribution in [2.24, 2.45) is 0 Å². The molecule has 102 valence electrons. The second-order valence-corrected chi connectivity index (χ2v) is 4.48. The molecule has 0 radical (unpaired) electrons. The summed E-state index contributed by atoms with van der Waals surface area (Å²) in [6.45, 7) is 0.536. The van der Waals surface area contributed by atoms with Gasteiger partial charge in [-0.25, -0.2) is 0 Å². The minimum absolute atomic E-state index is 0.0951. The van der Waals surface area contributed by atoms with Crippen LogP contribution in [0, 0.1) is 12.3 Å². The third kappa shape index (κ3) is 3.23. The number of hydrogen-bond donors (Lipinski definition) is 1. The number of terminal acetylenes is 1. The largest absolute Gasteiger partial charge is 0.315 e. The summed E-state index contributed by atoms with van der Waals surface area (Å²) in [5, 5.41) is 2.53. The molecule has 0 aliphatic carbocycles. The number of carbonyl (C=O) groups excluding carboxylic acids is 3. The standard InChI is InChI=1S/C15H14N2O3/c1-2-13(18)16-12-6-3-11(4-7-12)5-8-14(19)17-10-9-15(17)20/h1,3-4,6-7H,5,8-10H2,(H,16,18). The first-order chi connectivity index (χ1) is 9.60. The van der Waals surface area contributed by atoms with Gasteiger partial charge in [0.05, 0.1) is 0 Å². The van der Waals surface area contributed by atoms with Gasteiger partial charge in [-0.2, -0.15) is 0 Å². The highest BCUT2D eigenvalue weighted by Crippen LogP contribution is 2.14. The van der Waals surface area contributed by atoms with Crippen LogP contribution in [0.25, 0.3) is 0 Å². The summed E-state index contributed by atoms with van der Waals surface area (Å²) < 4.78 is 0.